The molecule has 0 heterocycles. The van der Waals surface area contributed by atoms with Gasteiger partial charge in [-0.3, -0.25) is 4.79 Å². The molecule has 0 bridgehead atoms. The highest BCUT2D eigenvalue weighted by Crippen LogP contribution is 2.30. The van der Waals surface area contributed by atoms with E-state index in [1.807, 2.05) is 6.07 Å². The molecular weight excluding hydrogens is 220 g/mol. The molecule has 1 aromatic carbocycles. The third kappa shape index (κ3) is 3.75. The first-order chi connectivity index (χ1) is 8.25. The van der Waals surface area contributed by atoms with E-state index in [1.165, 1.54) is 0 Å². The summed E-state index contributed by atoms with van der Waals surface area (Å²) < 4.78 is 9.71. The quantitative estimate of drug-likeness (QED) is 0.345. The van der Waals surface area contributed by atoms with Gasteiger partial charge in [0.05, 0.1) is 12.0 Å². The number of esters is 2. The number of hydrogen-bond acceptors (Lipinski definition) is 4. The summed E-state index contributed by atoms with van der Waals surface area (Å²) in [5, 5.41) is 0. The number of hydrogen-bond donors (Lipinski definition) is 0. The Bertz CT molecular complexity index is 432. The fourth-order valence-electron chi connectivity index (χ4n) is 1.21. The number of rotatable bonds is 4. The number of carbonyl (C=O) groups excluding carboxylic acids is 2. The lowest BCUT2D eigenvalue weighted by Gasteiger charge is -1.99. The van der Waals surface area contributed by atoms with Crippen LogP contribution in [0.25, 0.3) is 0 Å². The van der Waals surface area contributed by atoms with Gasteiger partial charge in [-0.1, -0.05) is 18.2 Å². The molecule has 1 saturated carbocycles. The van der Waals surface area contributed by atoms with Crippen molar-refractivity contribution in [3.63, 3.8) is 0 Å². The predicted octanol–water partition coefficient (Wildman–Crippen LogP) is 2.06. The van der Waals surface area contributed by atoms with Gasteiger partial charge in [-0.05, 0) is 25.0 Å². The van der Waals surface area contributed by atoms with Gasteiger partial charge in [0.1, 0.15) is 12.0 Å². The third-order valence-electron chi connectivity index (χ3n) is 2.26. The molecule has 1 aliphatic rings. The van der Waals surface area contributed by atoms with Crippen molar-refractivity contribution in [3.05, 3.63) is 42.7 Å². The zero-order valence-corrected chi connectivity index (χ0v) is 9.17. The summed E-state index contributed by atoms with van der Waals surface area (Å²) in [5.41, 5.74) is 0. The van der Waals surface area contributed by atoms with E-state index in [0.29, 0.717) is 5.75 Å². The summed E-state index contributed by atoms with van der Waals surface area (Å²) in [6, 6.07) is 8.69. The molecule has 88 valence electrons. The fourth-order valence-corrected chi connectivity index (χ4v) is 1.21. The van der Waals surface area contributed by atoms with E-state index in [9.17, 15) is 9.59 Å². The number of para-hydroxylation sites is 1. The van der Waals surface area contributed by atoms with Crippen molar-refractivity contribution >= 4 is 11.9 Å². The lowest BCUT2D eigenvalue weighted by Crippen LogP contribution is -2.05. The molecule has 4 heteroatoms. The van der Waals surface area contributed by atoms with Crippen molar-refractivity contribution in [2.45, 2.75) is 12.8 Å². The monoisotopic (exact) mass is 232 g/mol. The predicted molar refractivity (Wildman–Crippen MR) is 60.0 cm³/mol. The zero-order chi connectivity index (χ0) is 12.1. The van der Waals surface area contributed by atoms with E-state index in [0.717, 1.165) is 25.2 Å². The standard InChI is InChI=1S/C13H12O4/c14-12(17-11-4-2-1-3-5-11)8-9-16-13(15)10-6-7-10/h1-5,8-10H,6-7H2/b9-8-. The Morgan fingerprint density at radius 3 is 2.53 bits per heavy atom. The molecular formula is C13H12O4. The summed E-state index contributed by atoms with van der Waals surface area (Å²) in [6.45, 7) is 0. The first kappa shape index (κ1) is 11.4. The van der Waals surface area contributed by atoms with Crippen LogP contribution >= 0.6 is 0 Å². The Morgan fingerprint density at radius 2 is 1.88 bits per heavy atom. The van der Waals surface area contributed by atoms with Gasteiger partial charge >= 0.3 is 11.9 Å². The average molecular weight is 232 g/mol. The van der Waals surface area contributed by atoms with E-state index in [2.05, 4.69) is 0 Å². The molecule has 0 radical (unpaired) electrons. The zero-order valence-electron chi connectivity index (χ0n) is 9.17. The van der Waals surface area contributed by atoms with Gasteiger partial charge in [-0.2, -0.15) is 0 Å². The number of ether oxygens (including phenoxy) is 2. The van der Waals surface area contributed by atoms with E-state index < -0.39 is 5.97 Å². The minimum atomic E-state index is -0.570. The summed E-state index contributed by atoms with van der Waals surface area (Å²) in [7, 11) is 0. The summed E-state index contributed by atoms with van der Waals surface area (Å²) in [4.78, 5) is 22.4. The van der Waals surface area contributed by atoms with E-state index in [4.69, 9.17) is 9.47 Å². The van der Waals surface area contributed by atoms with Crippen LogP contribution in [0, 0.1) is 5.92 Å². The lowest BCUT2D eigenvalue weighted by molar-refractivity contribution is -0.139. The van der Waals surface area contributed by atoms with Gasteiger partial charge < -0.3 is 9.47 Å². The van der Waals surface area contributed by atoms with Crippen LogP contribution in [0.15, 0.2) is 42.7 Å². The number of carbonyl (C=O) groups is 2. The molecule has 4 nitrogen and oxygen atoms in total. The van der Waals surface area contributed by atoms with Gasteiger partial charge in [0, 0.05) is 0 Å². The maximum absolute atomic E-state index is 11.3. The summed E-state index contributed by atoms with van der Waals surface area (Å²) in [5.74, 6) is -0.381. The maximum atomic E-state index is 11.3. The molecule has 1 aliphatic carbocycles. The highest BCUT2D eigenvalue weighted by atomic mass is 16.5. The Balaban J connectivity index is 1.76. The van der Waals surface area contributed by atoms with Gasteiger partial charge in [-0.15, -0.1) is 0 Å². The molecule has 0 atom stereocenters. The second-order valence-electron chi connectivity index (χ2n) is 3.75. The molecule has 0 aliphatic heterocycles. The first-order valence-electron chi connectivity index (χ1n) is 5.39. The van der Waals surface area contributed by atoms with Gasteiger partial charge in [-0.25, -0.2) is 4.79 Å². The van der Waals surface area contributed by atoms with Crippen molar-refractivity contribution in [1.82, 2.24) is 0 Å². The Labute approximate surface area is 98.8 Å². The van der Waals surface area contributed by atoms with Crippen LogP contribution < -0.4 is 4.74 Å². The van der Waals surface area contributed by atoms with Crippen LogP contribution in [0.5, 0.6) is 5.75 Å². The largest absolute Gasteiger partial charge is 0.434 e. The molecule has 1 fully saturated rings. The topological polar surface area (TPSA) is 52.6 Å². The van der Waals surface area contributed by atoms with E-state index in [1.54, 1.807) is 24.3 Å². The molecule has 17 heavy (non-hydrogen) atoms. The minimum absolute atomic E-state index is 0.0183. The maximum Gasteiger partial charge on any atom is 0.339 e. The summed E-state index contributed by atoms with van der Waals surface area (Å²) in [6.07, 6.45) is 3.92. The van der Waals surface area contributed by atoms with E-state index in [-0.39, 0.29) is 11.9 Å². The second kappa shape index (κ2) is 5.30. The summed E-state index contributed by atoms with van der Waals surface area (Å²) >= 11 is 0. The van der Waals surface area contributed by atoms with Gasteiger partial charge in [0.15, 0.2) is 0 Å². The number of benzene rings is 1. The molecule has 0 N–H and O–H groups in total. The van der Waals surface area contributed by atoms with Gasteiger partial charge in [0.25, 0.3) is 0 Å². The lowest BCUT2D eigenvalue weighted by atomic mass is 10.3. The molecule has 2 rings (SSSR count). The van der Waals surface area contributed by atoms with Gasteiger partial charge in [0.2, 0.25) is 0 Å². The van der Waals surface area contributed by atoms with Crippen LogP contribution in [-0.2, 0) is 14.3 Å². The van der Waals surface area contributed by atoms with Crippen LogP contribution in [0.2, 0.25) is 0 Å². The highest BCUT2D eigenvalue weighted by Gasteiger charge is 2.30. The van der Waals surface area contributed by atoms with Crippen molar-refractivity contribution in [1.29, 1.82) is 0 Å². The van der Waals surface area contributed by atoms with Crippen molar-refractivity contribution in [3.8, 4) is 5.75 Å². The molecule has 0 unspecified atom stereocenters. The fraction of sp³-hybridized carbons (Fsp3) is 0.231. The van der Waals surface area contributed by atoms with E-state index >= 15 is 0 Å². The normalized spacial score (nSPS) is 14.6. The minimum Gasteiger partial charge on any atom is -0.434 e. The van der Waals surface area contributed by atoms with Crippen molar-refractivity contribution in [2.24, 2.45) is 5.92 Å². The van der Waals surface area contributed by atoms with Crippen molar-refractivity contribution < 1.29 is 19.1 Å². The van der Waals surface area contributed by atoms with Crippen LogP contribution in [-0.4, -0.2) is 11.9 Å². The smallest absolute Gasteiger partial charge is 0.339 e. The Morgan fingerprint density at radius 1 is 1.18 bits per heavy atom. The first-order valence-corrected chi connectivity index (χ1v) is 5.39. The SMILES string of the molecule is O=C(/C=C\OC(=O)C1CC1)Oc1ccccc1. The second-order valence-corrected chi connectivity index (χ2v) is 3.75. The molecule has 0 amide bonds. The van der Waals surface area contributed by atoms with Crippen LogP contribution in [0.1, 0.15) is 12.8 Å². The van der Waals surface area contributed by atoms with Crippen molar-refractivity contribution in [2.75, 3.05) is 0 Å². The molecule has 0 saturated heterocycles. The molecule has 1 aromatic rings. The molecule has 0 spiro atoms. The highest BCUT2D eigenvalue weighted by molar-refractivity contribution is 5.84. The Hall–Kier alpha value is -2.10. The third-order valence-corrected chi connectivity index (χ3v) is 2.26. The van der Waals surface area contributed by atoms with Crippen LogP contribution in [0.4, 0.5) is 0 Å². The average Bonchev–Trinajstić information content (AvgIpc) is 3.14. The Kier molecular flexibility index (Phi) is 3.55. The molecule has 0 aromatic heterocycles. The van der Waals surface area contributed by atoms with Crippen LogP contribution in [0.3, 0.4) is 0 Å².